The van der Waals surface area contributed by atoms with Gasteiger partial charge in [0.25, 0.3) is 11.8 Å². The highest BCUT2D eigenvalue weighted by atomic mass is 32.1. The number of aryl methyl sites for hydroxylation is 2. The number of carbonyl (C=O) groups excluding carboxylic acids is 2. The zero-order chi connectivity index (χ0) is 22.7. The molecule has 4 rings (SSSR count). The summed E-state index contributed by atoms with van der Waals surface area (Å²) in [6.07, 6.45) is 0. The fourth-order valence-electron chi connectivity index (χ4n) is 3.08. The maximum absolute atomic E-state index is 12.6. The first-order valence-corrected chi connectivity index (χ1v) is 11.4. The van der Waals surface area contributed by atoms with Gasteiger partial charge in [0.15, 0.2) is 10.3 Å². The largest absolute Gasteiger partial charge is 0.496 e. The van der Waals surface area contributed by atoms with E-state index in [0.29, 0.717) is 32.8 Å². The number of benzene rings is 2. The Hall–Kier alpha value is -3.56. The van der Waals surface area contributed by atoms with E-state index < -0.39 is 0 Å². The molecule has 0 spiro atoms. The van der Waals surface area contributed by atoms with Crippen molar-refractivity contribution >= 4 is 44.8 Å². The van der Waals surface area contributed by atoms with Crippen LogP contribution in [-0.2, 0) is 0 Å². The number of methoxy groups -OCH3 is 1. The minimum Gasteiger partial charge on any atom is -0.496 e. The van der Waals surface area contributed by atoms with Crippen LogP contribution in [-0.4, -0.2) is 28.9 Å². The van der Waals surface area contributed by atoms with Crippen LogP contribution in [0.25, 0.3) is 10.6 Å². The van der Waals surface area contributed by atoms with E-state index in [0.717, 1.165) is 16.1 Å². The SMILES string of the molecule is COc1ccccc1C(=O)Nc1nc(C)c(-c2csc(NC(=O)c3cccc(C)c3)n2)s1. The predicted octanol–water partition coefficient (Wildman–Crippen LogP) is 5.40. The molecule has 0 saturated heterocycles. The van der Waals surface area contributed by atoms with E-state index in [2.05, 4.69) is 20.6 Å². The van der Waals surface area contributed by atoms with Crippen LogP contribution < -0.4 is 15.4 Å². The lowest BCUT2D eigenvalue weighted by Gasteiger charge is -2.06. The molecule has 32 heavy (non-hydrogen) atoms. The summed E-state index contributed by atoms with van der Waals surface area (Å²) in [4.78, 5) is 34.9. The Morgan fingerprint density at radius 2 is 1.72 bits per heavy atom. The summed E-state index contributed by atoms with van der Waals surface area (Å²) in [6.45, 7) is 3.80. The third kappa shape index (κ3) is 4.68. The van der Waals surface area contributed by atoms with Crippen LogP contribution in [0.3, 0.4) is 0 Å². The number of nitrogens with one attached hydrogen (secondary N) is 2. The molecular formula is C23H20N4O3S2. The number of nitrogens with zero attached hydrogens (tertiary/aromatic N) is 2. The second-order valence-electron chi connectivity index (χ2n) is 6.95. The Morgan fingerprint density at radius 3 is 2.50 bits per heavy atom. The highest BCUT2D eigenvalue weighted by Gasteiger charge is 2.18. The number of ether oxygens (including phenoxy) is 1. The Balaban J connectivity index is 1.49. The molecule has 162 valence electrons. The zero-order valence-electron chi connectivity index (χ0n) is 17.6. The van der Waals surface area contributed by atoms with Gasteiger partial charge >= 0.3 is 0 Å². The Bertz CT molecular complexity index is 1300. The van der Waals surface area contributed by atoms with Gasteiger partial charge in [0, 0.05) is 10.9 Å². The summed E-state index contributed by atoms with van der Waals surface area (Å²) in [6, 6.07) is 14.4. The van der Waals surface area contributed by atoms with Crippen molar-refractivity contribution in [1.29, 1.82) is 0 Å². The van der Waals surface area contributed by atoms with Crippen molar-refractivity contribution < 1.29 is 14.3 Å². The van der Waals surface area contributed by atoms with E-state index in [9.17, 15) is 9.59 Å². The summed E-state index contributed by atoms with van der Waals surface area (Å²) in [5.41, 5.74) is 3.46. The van der Waals surface area contributed by atoms with Crippen molar-refractivity contribution in [1.82, 2.24) is 9.97 Å². The number of amides is 2. The van der Waals surface area contributed by atoms with Crippen LogP contribution >= 0.6 is 22.7 Å². The summed E-state index contributed by atoms with van der Waals surface area (Å²) >= 11 is 2.66. The number of hydrogen-bond donors (Lipinski definition) is 2. The normalized spacial score (nSPS) is 10.6. The number of rotatable bonds is 6. The molecule has 0 saturated carbocycles. The number of carbonyl (C=O) groups is 2. The highest BCUT2D eigenvalue weighted by molar-refractivity contribution is 7.20. The van der Waals surface area contributed by atoms with Crippen molar-refractivity contribution in [3.05, 3.63) is 76.3 Å². The van der Waals surface area contributed by atoms with Crippen LogP contribution in [0.1, 0.15) is 32.0 Å². The first-order chi connectivity index (χ1) is 15.4. The first kappa shape index (κ1) is 21.7. The molecule has 0 bridgehead atoms. The van der Waals surface area contributed by atoms with Gasteiger partial charge in [-0.2, -0.15) is 0 Å². The second-order valence-corrected chi connectivity index (χ2v) is 8.81. The molecule has 0 atom stereocenters. The molecular weight excluding hydrogens is 444 g/mol. The first-order valence-electron chi connectivity index (χ1n) is 9.70. The highest BCUT2D eigenvalue weighted by Crippen LogP contribution is 2.35. The lowest BCUT2D eigenvalue weighted by atomic mass is 10.1. The number of aromatic nitrogens is 2. The van der Waals surface area contributed by atoms with Gasteiger partial charge in [0.05, 0.1) is 28.9 Å². The molecule has 4 aromatic rings. The summed E-state index contributed by atoms with van der Waals surface area (Å²) in [7, 11) is 1.52. The van der Waals surface area contributed by atoms with Gasteiger partial charge in [-0.1, -0.05) is 41.2 Å². The van der Waals surface area contributed by atoms with Gasteiger partial charge in [-0.3, -0.25) is 20.2 Å². The van der Waals surface area contributed by atoms with Crippen molar-refractivity contribution in [2.75, 3.05) is 17.7 Å². The molecule has 0 aliphatic rings. The molecule has 0 fully saturated rings. The summed E-state index contributed by atoms with van der Waals surface area (Å²) in [5.74, 6) is -0.0143. The zero-order valence-corrected chi connectivity index (χ0v) is 19.3. The maximum atomic E-state index is 12.6. The standard InChI is InChI=1S/C23H20N4O3S2/c1-13-7-6-8-15(11-13)20(28)26-22-25-17(12-31-22)19-14(2)24-23(32-19)27-21(29)16-9-4-5-10-18(16)30-3/h4-12H,1-3H3,(H,24,27,29)(H,25,26,28). The number of hydrogen-bond acceptors (Lipinski definition) is 7. The maximum Gasteiger partial charge on any atom is 0.261 e. The molecule has 2 N–H and O–H groups in total. The Morgan fingerprint density at radius 1 is 0.938 bits per heavy atom. The molecule has 2 aromatic carbocycles. The van der Waals surface area contributed by atoms with Gasteiger partial charge in [-0.15, -0.1) is 11.3 Å². The number of anilines is 2. The molecule has 2 heterocycles. The third-order valence-corrected chi connectivity index (χ3v) is 6.46. The van der Waals surface area contributed by atoms with E-state index in [1.165, 1.54) is 29.8 Å². The van der Waals surface area contributed by atoms with Gasteiger partial charge in [-0.25, -0.2) is 9.97 Å². The van der Waals surface area contributed by atoms with Crippen LogP contribution in [0.15, 0.2) is 53.9 Å². The van der Waals surface area contributed by atoms with Gasteiger partial charge in [-0.05, 0) is 38.1 Å². The quantitative estimate of drug-likeness (QED) is 0.399. The van der Waals surface area contributed by atoms with Gasteiger partial charge in [0.1, 0.15) is 5.75 Å². The van der Waals surface area contributed by atoms with Gasteiger partial charge in [0.2, 0.25) is 0 Å². The van der Waals surface area contributed by atoms with Crippen LogP contribution in [0.2, 0.25) is 0 Å². The number of thiazole rings is 2. The minimum absolute atomic E-state index is 0.208. The minimum atomic E-state index is -0.299. The van der Waals surface area contributed by atoms with Crippen molar-refractivity contribution in [2.45, 2.75) is 13.8 Å². The van der Waals surface area contributed by atoms with Gasteiger partial charge < -0.3 is 4.74 Å². The summed E-state index contributed by atoms with van der Waals surface area (Å²) in [5, 5.41) is 8.48. The molecule has 2 aromatic heterocycles. The fraction of sp³-hybridized carbons (Fsp3) is 0.130. The predicted molar refractivity (Wildman–Crippen MR) is 128 cm³/mol. The Labute approximate surface area is 193 Å². The summed E-state index contributed by atoms with van der Waals surface area (Å²) < 4.78 is 5.25. The monoisotopic (exact) mass is 464 g/mol. The average molecular weight is 465 g/mol. The average Bonchev–Trinajstić information content (AvgIpc) is 3.39. The van der Waals surface area contributed by atoms with Crippen LogP contribution in [0.4, 0.5) is 10.3 Å². The molecule has 9 heteroatoms. The van der Waals surface area contributed by atoms with Crippen molar-refractivity contribution in [3.8, 4) is 16.3 Å². The van der Waals surface area contributed by atoms with E-state index in [-0.39, 0.29) is 11.8 Å². The van der Waals surface area contributed by atoms with E-state index >= 15 is 0 Å². The molecule has 0 aliphatic heterocycles. The second kappa shape index (κ2) is 9.29. The molecule has 2 amide bonds. The van der Waals surface area contributed by atoms with Crippen molar-refractivity contribution in [3.63, 3.8) is 0 Å². The smallest absolute Gasteiger partial charge is 0.261 e. The fourth-order valence-corrected chi connectivity index (χ4v) is 4.77. The third-order valence-electron chi connectivity index (χ3n) is 4.61. The molecule has 0 unspecified atom stereocenters. The Kier molecular flexibility index (Phi) is 6.29. The molecule has 7 nitrogen and oxygen atoms in total. The molecule has 0 radical (unpaired) electrons. The van der Waals surface area contributed by atoms with E-state index in [1.54, 1.807) is 30.3 Å². The topological polar surface area (TPSA) is 93.2 Å². The lowest BCUT2D eigenvalue weighted by molar-refractivity contribution is 0.101. The molecule has 0 aliphatic carbocycles. The van der Waals surface area contributed by atoms with Crippen LogP contribution in [0, 0.1) is 13.8 Å². The van der Waals surface area contributed by atoms with E-state index in [4.69, 9.17) is 4.74 Å². The lowest BCUT2D eigenvalue weighted by Crippen LogP contribution is -2.12. The number of para-hydroxylation sites is 1. The van der Waals surface area contributed by atoms with Crippen LogP contribution in [0.5, 0.6) is 5.75 Å². The van der Waals surface area contributed by atoms with E-state index in [1.807, 2.05) is 37.4 Å². The van der Waals surface area contributed by atoms with Crippen molar-refractivity contribution in [2.24, 2.45) is 0 Å².